The summed E-state index contributed by atoms with van der Waals surface area (Å²) < 4.78 is 1.83. The molecule has 0 amide bonds. The van der Waals surface area contributed by atoms with Crippen molar-refractivity contribution >= 4 is 29.9 Å². The monoisotopic (exact) mass is 421 g/mol. The molecule has 3 N–H and O–H groups in total. The molecular formula is C16H32IN5. The maximum atomic E-state index is 5.91. The molecule has 0 spiro atoms. The summed E-state index contributed by atoms with van der Waals surface area (Å²) in [5.41, 5.74) is 7.16. The Morgan fingerprint density at radius 3 is 2.64 bits per heavy atom. The van der Waals surface area contributed by atoms with Gasteiger partial charge in [-0.05, 0) is 37.7 Å². The Bertz CT molecular complexity index is 428. The van der Waals surface area contributed by atoms with Crippen LogP contribution in [0.15, 0.2) is 17.4 Å². The van der Waals surface area contributed by atoms with Gasteiger partial charge in [0, 0.05) is 25.8 Å². The third-order valence-corrected chi connectivity index (χ3v) is 3.48. The molecule has 5 nitrogen and oxygen atoms in total. The van der Waals surface area contributed by atoms with Crippen LogP contribution in [0.1, 0.15) is 52.0 Å². The zero-order valence-electron chi connectivity index (χ0n) is 14.4. The number of aryl methyl sites for hydroxylation is 2. The van der Waals surface area contributed by atoms with E-state index in [2.05, 4.69) is 36.2 Å². The average Bonchev–Trinajstić information content (AvgIpc) is 2.80. The lowest BCUT2D eigenvalue weighted by Gasteiger charge is -2.15. The fourth-order valence-corrected chi connectivity index (χ4v) is 2.29. The number of nitrogens with zero attached hydrogens (tertiary/aromatic N) is 3. The first-order valence-corrected chi connectivity index (χ1v) is 8.01. The van der Waals surface area contributed by atoms with Crippen LogP contribution in [0.3, 0.4) is 0 Å². The van der Waals surface area contributed by atoms with E-state index in [1.165, 1.54) is 18.4 Å². The summed E-state index contributed by atoms with van der Waals surface area (Å²) in [6, 6.07) is 0.394. The van der Waals surface area contributed by atoms with Gasteiger partial charge in [0.1, 0.15) is 0 Å². The molecule has 22 heavy (non-hydrogen) atoms. The molecule has 0 bridgehead atoms. The number of nitrogens with two attached hydrogens (primary N) is 1. The molecule has 1 aromatic rings. The minimum Gasteiger partial charge on any atom is -0.370 e. The maximum Gasteiger partial charge on any atom is 0.188 e. The highest BCUT2D eigenvalue weighted by Crippen LogP contribution is 2.08. The molecular weight excluding hydrogens is 389 g/mol. The molecule has 0 aromatic carbocycles. The van der Waals surface area contributed by atoms with Gasteiger partial charge in [-0.3, -0.25) is 9.67 Å². The Labute approximate surface area is 152 Å². The molecule has 1 rings (SSSR count). The number of nitrogens with one attached hydrogen (secondary N) is 1. The van der Waals surface area contributed by atoms with Crippen LogP contribution in [0.5, 0.6) is 0 Å². The van der Waals surface area contributed by atoms with Gasteiger partial charge >= 0.3 is 0 Å². The van der Waals surface area contributed by atoms with E-state index in [1.807, 2.05) is 24.1 Å². The van der Waals surface area contributed by atoms with Gasteiger partial charge in [0.2, 0.25) is 0 Å². The van der Waals surface area contributed by atoms with Crippen molar-refractivity contribution < 1.29 is 0 Å². The Kier molecular flexibility index (Phi) is 11.3. The summed E-state index contributed by atoms with van der Waals surface area (Å²) in [5.74, 6) is 1.34. The van der Waals surface area contributed by atoms with Crippen LogP contribution in [0.2, 0.25) is 0 Å². The Hall–Kier alpha value is -0.790. The van der Waals surface area contributed by atoms with Gasteiger partial charge in [-0.2, -0.15) is 5.10 Å². The van der Waals surface area contributed by atoms with Gasteiger partial charge in [-0.15, -0.1) is 24.0 Å². The van der Waals surface area contributed by atoms with Crippen molar-refractivity contribution in [3.63, 3.8) is 0 Å². The number of rotatable bonds is 9. The predicted molar refractivity (Wildman–Crippen MR) is 105 cm³/mol. The third-order valence-electron chi connectivity index (χ3n) is 3.48. The minimum atomic E-state index is 0. The molecule has 0 aliphatic carbocycles. The molecule has 128 valence electrons. The predicted octanol–water partition coefficient (Wildman–Crippen LogP) is 3.09. The second-order valence-corrected chi connectivity index (χ2v) is 6.26. The van der Waals surface area contributed by atoms with Crippen LogP contribution in [0, 0.1) is 5.92 Å². The standard InChI is InChI=1S/C16H31N5.HI/c1-13(2)7-5-8-14(3)20-16(17)18-10-6-9-15-11-19-21(4)12-15;/h11-14H,5-10H2,1-4H3,(H3,17,18,20);1H. The lowest BCUT2D eigenvalue weighted by molar-refractivity contribution is 0.493. The first kappa shape index (κ1) is 21.2. The molecule has 1 aromatic heterocycles. The number of halogens is 1. The van der Waals surface area contributed by atoms with E-state index in [0.29, 0.717) is 12.0 Å². The van der Waals surface area contributed by atoms with Crippen LogP contribution in [-0.4, -0.2) is 28.3 Å². The zero-order chi connectivity index (χ0) is 15.7. The van der Waals surface area contributed by atoms with Crippen molar-refractivity contribution in [2.24, 2.45) is 23.7 Å². The van der Waals surface area contributed by atoms with Gasteiger partial charge in [-0.25, -0.2) is 0 Å². The van der Waals surface area contributed by atoms with Gasteiger partial charge in [-0.1, -0.05) is 26.7 Å². The Morgan fingerprint density at radius 2 is 2.05 bits per heavy atom. The van der Waals surface area contributed by atoms with Gasteiger partial charge < -0.3 is 11.1 Å². The van der Waals surface area contributed by atoms with E-state index in [0.717, 1.165) is 31.7 Å². The molecule has 1 unspecified atom stereocenters. The summed E-state index contributed by atoms with van der Waals surface area (Å²) in [7, 11) is 1.93. The minimum absolute atomic E-state index is 0. The number of hydrogen-bond donors (Lipinski definition) is 2. The molecule has 1 heterocycles. The largest absolute Gasteiger partial charge is 0.370 e. The summed E-state index contributed by atoms with van der Waals surface area (Å²) in [5, 5.41) is 7.42. The molecule has 6 heteroatoms. The van der Waals surface area contributed by atoms with E-state index < -0.39 is 0 Å². The van der Waals surface area contributed by atoms with Crippen LogP contribution >= 0.6 is 24.0 Å². The normalized spacial score (nSPS) is 13.0. The number of aliphatic imine (C=N–C) groups is 1. The highest BCUT2D eigenvalue weighted by molar-refractivity contribution is 14.0. The van der Waals surface area contributed by atoms with Gasteiger partial charge in [0.15, 0.2) is 5.96 Å². The molecule has 0 fully saturated rings. The van der Waals surface area contributed by atoms with Crippen LogP contribution < -0.4 is 11.1 Å². The first-order valence-electron chi connectivity index (χ1n) is 8.01. The number of hydrogen-bond acceptors (Lipinski definition) is 2. The quantitative estimate of drug-likeness (QED) is 0.279. The highest BCUT2D eigenvalue weighted by Gasteiger charge is 2.03. The second-order valence-electron chi connectivity index (χ2n) is 6.26. The van der Waals surface area contributed by atoms with Crippen molar-refractivity contribution in [2.75, 3.05) is 6.54 Å². The summed E-state index contributed by atoms with van der Waals surface area (Å²) >= 11 is 0. The van der Waals surface area contributed by atoms with E-state index in [9.17, 15) is 0 Å². The molecule has 0 aliphatic rings. The van der Waals surface area contributed by atoms with Crippen molar-refractivity contribution in [3.8, 4) is 0 Å². The second kappa shape index (κ2) is 11.7. The van der Waals surface area contributed by atoms with E-state index in [1.54, 1.807) is 0 Å². The van der Waals surface area contributed by atoms with Crippen molar-refractivity contribution in [3.05, 3.63) is 18.0 Å². The van der Waals surface area contributed by atoms with Crippen molar-refractivity contribution in [2.45, 2.75) is 58.9 Å². The van der Waals surface area contributed by atoms with E-state index >= 15 is 0 Å². The summed E-state index contributed by atoms with van der Waals surface area (Å²) in [6.45, 7) is 7.44. The smallest absolute Gasteiger partial charge is 0.188 e. The Morgan fingerprint density at radius 1 is 1.32 bits per heavy atom. The Balaban J connectivity index is 0.00000441. The fourth-order valence-electron chi connectivity index (χ4n) is 2.29. The molecule has 1 atom stereocenters. The van der Waals surface area contributed by atoms with Crippen molar-refractivity contribution in [1.29, 1.82) is 0 Å². The maximum absolute atomic E-state index is 5.91. The van der Waals surface area contributed by atoms with Crippen LogP contribution in [0.4, 0.5) is 0 Å². The summed E-state index contributed by atoms with van der Waals surface area (Å²) in [4.78, 5) is 4.39. The molecule has 0 aliphatic heterocycles. The fraction of sp³-hybridized carbons (Fsp3) is 0.750. The topological polar surface area (TPSA) is 68.2 Å². The third kappa shape index (κ3) is 10.0. The first-order chi connectivity index (χ1) is 9.97. The van der Waals surface area contributed by atoms with Crippen molar-refractivity contribution in [1.82, 2.24) is 15.1 Å². The average molecular weight is 421 g/mol. The van der Waals surface area contributed by atoms with E-state index in [-0.39, 0.29) is 24.0 Å². The zero-order valence-corrected chi connectivity index (χ0v) is 16.7. The lowest BCUT2D eigenvalue weighted by atomic mass is 10.0. The van der Waals surface area contributed by atoms with Crippen LogP contribution in [0.25, 0.3) is 0 Å². The summed E-state index contributed by atoms with van der Waals surface area (Å²) in [6.07, 6.45) is 9.59. The SMILES string of the molecule is CC(C)CCCC(C)NC(N)=NCCCc1cnn(C)c1.I. The van der Waals surface area contributed by atoms with E-state index in [4.69, 9.17) is 5.73 Å². The lowest BCUT2D eigenvalue weighted by Crippen LogP contribution is -2.38. The van der Waals surface area contributed by atoms with Crippen LogP contribution in [-0.2, 0) is 13.5 Å². The molecule has 0 saturated carbocycles. The number of aromatic nitrogens is 2. The highest BCUT2D eigenvalue weighted by atomic mass is 127. The van der Waals surface area contributed by atoms with Gasteiger partial charge in [0.05, 0.1) is 6.20 Å². The molecule has 0 radical (unpaired) electrons. The van der Waals surface area contributed by atoms with Gasteiger partial charge in [0.25, 0.3) is 0 Å². The molecule has 0 saturated heterocycles. The number of guanidine groups is 1.